The van der Waals surface area contributed by atoms with Crippen LogP contribution in [0.15, 0.2) is 0 Å². The summed E-state index contributed by atoms with van der Waals surface area (Å²) in [5.41, 5.74) is 1.43. The minimum Gasteiger partial charge on any atom is -0.434 e. The number of carbonyl (C=O) groups excluding carboxylic acids is 3. The van der Waals surface area contributed by atoms with Crippen molar-refractivity contribution in [3.63, 3.8) is 0 Å². The maximum absolute atomic E-state index is 12.6. The quantitative estimate of drug-likeness (QED) is 0.795. The van der Waals surface area contributed by atoms with Crippen LogP contribution in [0.5, 0.6) is 0 Å². The number of hydrogen-bond acceptors (Lipinski definition) is 4. The average molecular weight is 339 g/mol. The summed E-state index contributed by atoms with van der Waals surface area (Å²) in [6.07, 6.45) is -5.16. The number of ether oxygens (including phenoxy) is 1. The molecule has 0 aromatic rings. The molecule has 7 nitrogen and oxygen atoms in total. The molecule has 23 heavy (non-hydrogen) atoms. The van der Waals surface area contributed by atoms with Crippen LogP contribution in [-0.2, 0) is 14.3 Å². The molecule has 3 N–H and O–H groups in total. The molecule has 0 aromatic carbocycles. The first-order valence-corrected chi connectivity index (χ1v) is 6.95. The smallest absolute Gasteiger partial charge is 0.427 e. The van der Waals surface area contributed by atoms with Crippen molar-refractivity contribution in [2.45, 2.75) is 50.9 Å². The molecule has 1 aliphatic heterocycles. The minimum absolute atomic E-state index is 0.281. The lowest BCUT2D eigenvalue weighted by molar-refractivity contribution is -0.243. The van der Waals surface area contributed by atoms with E-state index in [1.807, 2.05) is 5.32 Å². The minimum atomic E-state index is -4.74. The van der Waals surface area contributed by atoms with Crippen LogP contribution in [0.1, 0.15) is 33.6 Å². The van der Waals surface area contributed by atoms with Crippen LogP contribution >= 0.6 is 0 Å². The van der Waals surface area contributed by atoms with Crippen LogP contribution in [0.4, 0.5) is 18.0 Å². The Morgan fingerprint density at radius 2 is 1.87 bits per heavy atom. The molecule has 0 saturated carbocycles. The second-order valence-electron chi connectivity index (χ2n) is 6.04. The second kappa shape index (κ2) is 6.25. The Kier molecular flexibility index (Phi) is 5.17. The van der Waals surface area contributed by atoms with E-state index in [4.69, 9.17) is 5.73 Å². The molecule has 10 heteroatoms. The van der Waals surface area contributed by atoms with E-state index in [2.05, 4.69) is 4.74 Å². The van der Waals surface area contributed by atoms with Crippen LogP contribution < -0.4 is 11.1 Å². The van der Waals surface area contributed by atoms with Gasteiger partial charge in [0, 0.05) is 6.54 Å². The maximum Gasteiger partial charge on any atom is 0.427 e. The molecule has 1 fully saturated rings. The number of nitrogens with two attached hydrogens (primary N) is 1. The van der Waals surface area contributed by atoms with Crippen molar-refractivity contribution in [3.8, 4) is 0 Å². The van der Waals surface area contributed by atoms with Crippen molar-refractivity contribution in [2.24, 2.45) is 5.73 Å². The lowest BCUT2D eigenvalue weighted by Crippen LogP contribution is -2.56. The summed E-state index contributed by atoms with van der Waals surface area (Å²) in [4.78, 5) is 36.2. The normalized spacial score (nSPS) is 21.9. The summed E-state index contributed by atoms with van der Waals surface area (Å²) in [5, 5.41) is 1.96. The van der Waals surface area contributed by atoms with Gasteiger partial charge < -0.3 is 20.7 Å². The summed E-state index contributed by atoms with van der Waals surface area (Å²) in [5.74, 6) is -1.30. The number of nitrogens with zero attached hydrogens (tertiary/aromatic N) is 1. The first-order chi connectivity index (χ1) is 10.3. The summed E-state index contributed by atoms with van der Waals surface area (Å²) in [7, 11) is 0. The number of rotatable bonds is 4. The van der Waals surface area contributed by atoms with Gasteiger partial charge >= 0.3 is 12.3 Å². The van der Waals surface area contributed by atoms with E-state index in [1.54, 1.807) is 0 Å². The number of halogens is 3. The van der Waals surface area contributed by atoms with Crippen LogP contribution in [0.3, 0.4) is 0 Å². The van der Waals surface area contributed by atoms with Gasteiger partial charge in [-0.15, -0.1) is 0 Å². The Bertz CT molecular complexity index is 507. The van der Waals surface area contributed by atoms with Gasteiger partial charge in [0.2, 0.25) is 17.4 Å². The summed E-state index contributed by atoms with van der Waals surface area (Å²) < 4.78 is 42.1. The number of primary amides is 1. The van der Waals surface area contributed by atoms with Crippen molar-refractivity contribution < 1.29 is 32.3 Å². The summed E-state index contributed by atoms with van der Waals surface area (Å²) in [6, 6.07) is 0. The predicted molar refractivity (Wildman–Crippen MR) is 73.2 cm³/mol. The topological polar surface area (TPSA) is 102 Å². The second-order valence-corrected chi connectivity index (χ2v) is 6.04. The van der Waals surface area contributed by atoms with Crippen LogP contribution in [0.25, 0.3) is 0 Å². The third kappa shape index (κ3) is 4.05. The highest BCUT2D eigenvalue weighted by atomic mass is 19.4. The van der Waals surface area contributed by atoms with Gasteiger partial charge in [0.25, 0.3) is 0 Å². The number of carbonyl (C=O) groups is 3. The van der Waals surface area contributed by atoms with Crippen molar-refractivity contribution in [3.05, 3.63) is 0 Å². The number of alkyl carbamates (subject to hydrolysis) is 1. The molecule has 3 amide bonds. The van der Waals surface area contributed by atoms with Crippen LogP contribution in [0, 0.1) is 0 Å². The largest absolute Gasteiger partial charge is 0.434 e. The fourth-order valence-electron chi connectivity index (χ4n) is 2.19. The number of amides is 3. The summed E-state index contributed by atoms with van der Waals surface area (Å²) in [6.45, 7) is 2.59. The maximum atomic E-state index is 12.6. The number of alkyl halides is 3. The summed E-state index contributed by atoms with van der Waals surface area (Å²) >= 11 is 0. The molecule has 0 bridgehead atoms. The Morgan fingerprint density at radius 3 is 2.35 bits per heavy atom. The molecule has 1 saturated heterocycles. The monoisotopic (exact) mass is 339 g/mol. The van der Waals surface area contributed by atoms with Crippen molar-refractivity contribution in [1.29, 1.82) is 0 Å². The molecule has 0 aliphatic carbocycles. The van der Waals surface area contributed by atoms with Crippen molar-refractivity contribution in [1.82, 2.24) is 10.2 Å². The van der Waals surface area contributed by atoms with Crippen molar-refractivity contribution in [2.75, 3.05) is 13.1 Å². The van der Waals surface area contributed by atoms with Gasteiger partial charge in [0.15, 0.2) is 0 Å². The Morgan fingerprint density at radius 1 is 1.30 bits per heavy atom. The molecule has 1 heterocycles. The molecule has 0 radical (unpaired) electrons. The van der Waals surface area contributed by atoms with Gasteiger partial charge in [0.05, 0.1) is 0 Å². The Hall–Kier alpha value is -2.00. The Labute approximate surface area is 131 Å². The van der Waals surface area contributed by atoms with Gasteiger partial charge in [-0.1, -0.05) is 0 Å². The third-order valence-corrected chi connectivity index (χ3v) is 3.89. The lowest BCUT2D eigenvalue weighted by Gasteiger charge is -2.32. The van der Waals surface area contributed by atoms with E-state index in [0.29, 0.717) is 26.7 Å². The van der Waals surface area contributed by atoms with Crippen LogP contribution in [0.2, 0.25) is 0 Å². The fraction of sp³-hybridized carbons (Fsp3) is 0.769. The van der Waals surface area contributed by atoms with Gasteiger partial charge in [-0.05, 0) is 33.6 Å². The molecular weight excluding hydrogens is 319 g/mol. The molecule has 1 atom stereocenters. The predicted octanol–water partition coefficient (Wildman–Crippen LogP) is 0.920. The number of hydrogen-bond donors (Lipinski definition) is 2. The van der Waals surface area contributed by atoms with E-state index < -0.39 is 41.8 Å². The molecular formula is C13H20F3N3O4. The number of nitrogens with one attached hydrogen (secondary N) is 1. The standard InChI is InChI=1S/C13H20F3N3O4/c1-11(2,13(14,15)16)23-10(22)18-7-8(20)19-6-4-5-12(19,3)9(17)21/h4-7H2,1-3H3,(H2,17,21)(H,18,22). The fourth-order valence-corrected chi connectivity index (χ4v) is 2.19. The molecule has 132 valence electrons. The Balaban J connectivity index is 2.60. The first-order valence-electron chi connectivity index (χ1n) is 6.95. The molecule has 1 unspecified atom stereocenters. The number of likely N-dealkylation sites (tertiary alicyclic amines) is 1. The van der Waals surface area contributed by atoms with Gasteiger partial charge in [0.1, 0.15) is 12.1 Å². The highest BCUT2D eigenvalue weighted by Crippen LogP contribution is 2.33. The van der Waals surface area contributed by atoms with E-state index in [1.165, 1.54) is 11.8 Å². The average Bonchev–Trinajstić information content (AvgIpc) is 2.77. The van der Waals surface area contributed by atoms with E-state index in [9.17, 15) is 27.6 Å². The van der Waals surface area contributed by atoms with Gasteiger partial charge in [-0.2, -0.15) is 13.2 Å². The molecule has 0 aromatic heterocycles. The zero-order valence-corrected chi connectivity index (χ0v) is 13.1. The molecule has 0 spiro atoms. The van der Waals surface area contributed by atoms with E-state index in [0.717, 1.165) is 0 Å². The van der Waals surface area contributed by atoms with Crippen LogP contribution in [-0.4, -0.2) is 53.2 Å². The zero-order valence-electron chi connectivity index (χ0n) is 13.1. The van der Waals surface area contributed by atoms with E-state index >= 15 is 0 Å². The lowest BCUT2D eigenvalue weighted by atomic mass is 9.98. The zero-order chi connectivity index (χ0) is 18.1. The highest BCUT2D eigenvalue weighted by Gasteiger charge is 2.51. The first kappa shape index (κ1) is 19.0. The van der Waals surface area contributed by atoms with Crippen molar-refractivity contribution >= 4 is 17.9 Å². The molecule has 1 aliphatic rings. The molecule has 1 rings (SSSR count). The third-order valence-electron chi connectivity index (χ3n) is 3.89. The highest BCUT2D eigenvalue weighted by molar-refractivity contribution is 5.92. The van der Waals surface area contributed by atoms with Gasteiger partial charge in [-0.3, -0.25) is 9.59 Å². The SMILES string of the molecule is CC1(C(N)=O)CCCN1C(=O)CNC(=O)OC(C)(C)C(F)(F)F. The van der Waals surface area contributed by atoms with Gasteiger partial charge in [-0.25, -0.2) is 4.79 Å². The van der Waals surface area contributed by atoms with E-state index in [-0.39, 0.29) is 6.54 Å².